The highest BCUT2D eigenvalue weighted by Gasteiger charge is 2.15. The molecule has 0 saturated heterocycles. The molecule has 0 aliphatic rings. The molecule has 104 valence electrons. The highest BCUT2D eigenvalue weighted by atomic mass is 16.5. The van der Waals surface area contributed by atoms with E-state index in [0.29, 0.717) is 13.0 Å². The van der Waals surface area contributed by atoms with Crippen molar-refractivity contribution in [1.29, 1.82) is 0 Å². The van der Waals surface area contributed by atoms with Gasteiger partial charge in [-0.3, -0.25) is 4.98 Å². The fourth-order valence-electron chi connectivity index (χ4n) is 2.00. The molecule has 0 radical (unpaired) electrons. The quantitative estimate of drug-likeness (QED) is 0.908. The lowest BCUT2D eigenvalue weighted by Gasteiger charge is -2.18. The normalized spacial score (nSPS) is 11.7. The zero-order valence-electron chi connectivity index (χ0n) is 11.5. The predicted octanol–water partition coefficient (Wildman–Crippen LogP) is 3.11. The molecule has 1 heterocycles. The van der Waals surface area contributed by atoms with Crippen molar-refractivity contribution in [2.24, 2.45) is 0 Å². The molecule has 2 aromatic rings. The Morgan fingerprint density at radius 1 is 1.25 bits per heavy atom. The van der Waals surface area contributed by atoms with E-state index in [1.165, 1.54) is 0 Å². The molecule has 1 unspecified atom stereocenters. The first kappa shape index (κ1) is 14.1. The minimum atomic E-state index is -0.405. The molecule has 4 heteroatoms. The van der Waals surface area contributed by atoms with Crippen LogP contribution in [0.25, 0.3) is 0 Å². The van der Waals surface area contributed by atoms with Crippen LogP contribution in [0.3, 0.4) is 0 Å². The van der Waals surface area contributed by atoms with Gasteiger partial charge in [-0.2, -0.15) is 0 Å². The molecule has 1 aromatic carbocycles. The molecule has 0 aliphatic carbocycles. The van der Waals surface area contributed by atoms with Gasteiger partial charge in [0.1, 0.15) is 0 Å². The number of ether oxygens (including phenoxy) is 1. The summed E-state index contributed by atoms with van der Waals surface area (Å²) in [5.74, 6) is 0. The fourth-order valence-corrected chi connectivity index (χ4v) is 2.00. The maximum atomic E-state index is 11.7. The van der Waals surface area contributed by atoms with Gasteiger partial charge in [-0.25, -0.2) is 4.79 Å². The number of carbonyl (C=O) groups excluding carboxylic acids is 1. The molecule has 1 atom stereocenters. The third-order valence-corrected chi connectivity index (χ3v) is 2.94. The van der Waals surface area contributed by atoms with Gasteiger partial charge >= 0.3 is 6.09 Å². The summed E-state index contributed by atoms with van der Waals surface area (Å²) in [6.45, 7) is 2.15. The number of rotatable bonds is 5. The second kappa shape index (κ2) is 7.28. The van der Waals surface area contributed by atoms with E-state index in [-0.39, 0.29) is 6.04 Å². The zero-order valence-corrected chi connectivity index (χ0v) is 11.5. The number of amides is 1. The molecular weight excluding hydrogens is 252 g/mol. The van der Waals surface area contributed by atoms with Crippen molar-refractivity contribution in [2.45, 2.75) is 19.4 Å². The first-order valence-electron chi connectivity index (χ1n) is 6.66. The van der Waals surface area contributed by atoms with E-state index >= 15 is 0 Å². The number of carbonyl (C=O) groups is 1. The lowest BCUT2D eigenvalue weighted by Crippen LogP contribution is -2.30. The van der Waals surface area contributed by atoms with E-state index < -0.39 is 6.09 Å². The minimum Gasteiger partial charge on any atom is -0.450 e. The summed E-state index contributed by atoms with van der Waals surface area (Å²) < 4.78 is 4.96. The van der Waals surface area contributed by atoms with Crippen molar-refractivity contribution < 1.29 is 9.53 Å². The molecule has 0 bridgehead atoms. The van der Waals surface area contributed by atoms with Crippen LogP contribution in [0.1, 0.15) is 24.1 Å². The van der Waals surface area contributed by atoms with Crippen LogP contribution in [-0.2, 0) is 11.2 Å². The second-order valence-corrected chi connectivity index (χ2v) is 4.39. The molecular formula is C16H18N2O2. The summed E-state index contributed by atoms with van der Waals surface area (Å²) >= 11 is 0. The first-order valence-corrected chi connectivity index (χ1v) is 6.66. The summed E-state index contributed by atoms with van der Waals surface area (Å²) in [6, 6.07) is 13.7. The van der Waals surface area contributed by atoms with Crippen LogP contribution < -0.4 is 5.32 Å². The Kier molecular flexibility index (Phi) is 5.12. The van der Waals surface area contributed by atoms with Crippen LogP contribution in [0.15, 0.2) is 54.9 Å². The number of nitrogens with zero attached hydrogens (tertiary/aromatic N) is 1. The number of alkyl carbamates (subject to hydrolysis) is 1. The van der Waals surface area contributed by atoms with Gasteiger partial charge in [0, 0.05) is 12.4 Å². The Morgan fingerprint density at radius 2 is 2.05 bits per heavy atom. The Balaban J connectivity index is 2.14. The zero-order chi connectivity index (χ0) is 14.2. The molecule has 2 rings (SSSR count). The molecule has 1 amide bonds. The highest BCUT2D eigenvalue weighted by Crippen LogP contribution is 2.17. The topological polar surface area (TPSA) is 51.2 Å². The van der Waals surface area contributed by atoms with E-state index in [2.05, 4.69) is 10.3 Å². The van der Waals surface area contributed by atoms with E-state index in [1.54, 1.807) is 19.3 Å². The van der Waals surface area contributed by atoms with Gasteiger partial charge in [0.2, 0.25) is 0 Å². The average molecular weight is 270 g/mol. The average Bonchev–Trinajstić information content (AvgIpc) is 2.49. The molecule has 0 aliphatic heterocycles. The molecule has 1 N–H and O–H groups in total. The maximum absolute atomic E-state index is 11.7. The van der Waals surface area contributed by atoms with Gasteiger partial charge in [-0.15, -0.1) is 0 Å². The number of aromatic nitrogens is 1. The van der Waals surface area contributed by atoms with Crippen LogP contribution >= 0.6 is 0 Å². The highest BCUT2D eigenvalue weighted by molar-refractivity contribution is 5.67. The van der Waals surface area contributed by atoms with E-state index in [1.807, 2.05) is 42.5 Å². The summed E-state index contributed by atoms with van der Waals surface area (Å²) in [5, 5.41) is 2.88. The standard InChI is InChI=1S/C16H18N2O2/c1-2-20-16(19)18-15(14-9-6-10-17-12-14)11-13-7-4-3-5-8-13/h3-10,12,15H,2,11H2,1H3,(H,18,19). The van der Waals surface area contributed by atoms with Crippen LogP contribution in [0.5, 0.6) is 0 Å². The number of nitrogens with one attached hydrogen (secondary N) is 1. The van der Waals surface area contributed by atoms with Crippen molar-refractivity contribution in [2.75, 3.05) is 6.61 Å². The van der Waals surface area contributed by atoms with Crippen LogP contribution in [0.2, 0.25) is 0 Å². The van der Waals surface area contributed by atoms with E-state index in [9.17, 15) is 4.79 Å². The van der Waals surface area contributed by atoms with Gasteiger partial charge in [0.05, 0.1) is 12.6 Å². The molecule has 20 heavy (non-hydrogen) atoms. The third-order valence-electron chi connectivity index (χ3n) is 2.94. The van der Waals surface area contributed by atoms with Crippen molar-refractivity contribution in [1.82, 2.24) is 10.3 Å². The fraction of sp³-hybridized carbons (Fsp3) is 0.250. The number of pyridine rings is 1. The Hall–Kier alpha value is -2.36. The van der Waals surface area contributed by atoms with Crippen LogP contribution in [0.4, 0.5) is 4.79 Å². The van der Waals surface area contributed by atoms with Crippen molar-refractivity contribution in [3.63, 3.8) is 0 Å². The monoisotopic (exact) mass is 270 g/mol. The van der Waals surface area contributed by atoms with Gasteiger partial charge in [-0.05, 0) is 30.5 Å². The molecule has 0 spiro atoms. The Bertz CT molecular complexity index is 529. The SMILES string of the molecule is CCOC(=O)NC(Cc1ccccc1)c1cccnc1. The Labute approximate surface area is 118 Å². The third kappa shape index (κ3) is 4.09. The second-order valence-electron chi connectivity index (χ2n) is 4.39. The Morgan fingerprint density at radius 3 is 2.70 bits per heavy atom. The summed E-state index contributed by atoms with van der Waals surface area (Å²) in [6.07, 6.45) is 3.77. The predicted molar refractivity (Wildman–Crippen MR) is 77.3 cm³/mol. The lowest BCUT2D eigenvalue weighted by molar-refractivity contribution is 0.148. The van der Waals surface area contributed by atoms with Crippen molar-refractivity contribution in [3.8, 4) is 0 Å². The van der Waals surface area contributed by atoms with Gasteiger partial charge in [-0.1, -0.05) is 36.4 Å². The molecule has 4 nitrogen and oxygen atoms in total. The lowest BCUT2D eigenvalue weighted by atomic mass is 10.0. The van der Waals surface area contributed by atoms with Gasteiger partial charge < -0.3 is 10.1 Å². The first-order chi connectivity index (χ1) is 9.79. The van der Waals surface area contributed by atoms with E-state index in [0.717, 1.165) is 11.1 Å². The summed E-state index contributed by atoms with van der Waals surface area (Å²) in [7, 11) is 0. The summed E-state index contributed by atoms with van der Waals surface area (Å²) in [4.78, 5) is 15.8. The number of hydrogen-bond donors (Lipinski definition) is 1. The van der Waals surface area contributed by atoms with Crippen LogP contribution in [0, 0.1) is 0 Å². The number of benzene rings is 1. The van der Waals surface area contributed by atoms with Crippen LogP contribution in [-0.4, -0.2) is 17.7 Å². The molecule has 0 saturated carbocycles. The maximum Gasteiger partial charge on any atom is 0.407 e. The van der Waals surface area contributed by atoms with E-state index in [4.69, 9.17) is 4.74 Å². The van der Waals surface area contributed by atoms with Crippen molar-refractivity contribution >= 4 is 6.09 Å². The van der Waals surface area contributed by atoms with Gasteiger partial charge in [0.15, 0.2) is 0 Å². The smallest absolute Gasteiger partial charge is 0.407 e. The summed E-state index contributed by atoms with van der Waals surface area (Å²) in [5.41, 5.74) is 2.11. The largest absolute Gasteiger partial charge is 0.450 e. The van der Waals surface area contributed by atoms with Crippen molar-refractivity contribution in [3.05, 3.63) is 66.0 Å². The molecule has 0 fully saturated rings. The molecule has 1 aromatic heterocycles. The van der Waals surface area contributed by atoms with Gasteiger partial charge in [0.25, 0.3) is 0 Å². The minimum absolute atomic E-state index is 0.148. The number of hydrogen-bond acceptors (Lipinski definition) is 3.